The van der Waals surface area contributed by atoms with Crippen LogP contribution in [-0.4, -0.2) is 29.4 Å². The number of esters is 1. The molecule has 0 aliphatic heterocycles. The molecule has 0 aliphatic carbocycles. The molecule has 6 nitrogen and oxygen atoms in total. The van der Waals surface area contributed by atoms with Gasteiger partial charge in [-0.25, -0.2) is 0 Å². The van der Waals surface area contributed by atoms with E-state index in [1.54, 1.807) is 0 Å². The molecule has 2 N–H and O–H groups in total. The van der Waals surface area contributed by atoms with Crippen LogP contribution in [0.5, 0.6) is 0 Å². The third-order valence-electron chi connectivity index (χ3n) is 4.45. The minimum atomic E-state index is -0.631. The maximum atomic E-state index is 12.5. The molecule has 6 heteroatoms. The number of carbonyl (C=O) groups is 3. The van der Waals surface area contributed by atoms with Gasteiger partial charge in [-0.15, -0.1) is 0 Å². The lowest BCUT2D eigenvalue weighted by Gasteiger charge is -2.23. The largest absolute Gasteiger partial charge is 0.461 e. The number of carbonyl (C=O) groups excluding carboxylic acids is 3. The highest BCUT2D eigenvalue weighted by Gasteiger charge is 2.23. The molecule has 0 bridgehead atoms. The van der Waals surface area contributed by atoms with E-state index in [0.29, 0.717) is 6.42 Å². The molecule has 0 aliphatic rings. The fraction of sp³-hybridized carbons (Fsp3) is 0.400. The van der Waals surface area contributed by atoms with Crippen LogP contribution in [-0.2, 0) is 32.1 Å². The van der Waals surface area contributed by atoms with E-state index in [2.05, 4.69) is 10.6 Å². The van der Waals surface area contributed by atoms with Crippen LogP contribution in [0.25, 0.3) is 0 Å². The van der Waals surface area contributed by atoms with Gasteiger partial charge in [-0.2, -0.15) is 0 Å². The fourth-order valence-electron chi connectivity index (χ4n) is 3.07. The van der Waals surface area contributed by atoms with Gasteiger partial charge in [0.2, 0.25) is 11.8 Å². The second kappa shape index (κ2) is 11.9. The summed E-state index contributed by atoms with van der Waals surface area (Å²) in [6, 6.07) is 18.4. The Morgan fingerprint density at radius 1 is 0.839 bits per heavy atom. The smallest absolute Gasteiger partial charge is 0.308 e. The van der Waals surface area contributed by atoms with Gasteiger partial charge in [0.1, 0.15) is 6.61 Å². The molecule has 0 saturated heterocycles. The summed E-state index contributed by atoms with van der Waals surface area (Å²) in [6.45, 7) is 5.80. The summed E-state index contributed by atoms with van der Waals surface area (Å²) in [7, 11) is 0. The van der Waals surface area contributed by atoms with Gasteiger partial charge in [0.05, 0.1) is 6.42 Å². The fourth-order valence-corrected chi connectivity index (χ4v) is 3.07. The van der Waals surface area contributed by atoms with Gasteiger partial charge in [-0.3, -0.25) is 14.4 Å². The predicted octanol–water partition coefficient (Wildman–Crippen LogP) is 3.54. The van der Waals surface area contributed by atoms with Crippen molar-refractivity contribution >= 4 is 17.8 Å². The first-order chi connectivity index (χ1) is 14.7. The van der Waals surface area contributed by atoms with Crippen molar-refractivity contribution in [3.8, 4) is 0 Å². The molecule has 0 fully saturated rings. The van der Waals surface area contributed by atoms with Crippen molar-refractivity contribution in [3.63, 3.8) is 0 Å². The van der Waals surface area contributed by atoms with E-state index in [-0.39, 0.29) is 37.7 Å². The molecule has 2 aromatic rings. The second-order valence-corrected chi connectivity index (χ2v) is 8.60. The Hall–Kier alpha value is -3.15. The second-order valence-electron chi connectivity index (χ2n) is 8.60. The Labute approximate surface area is 184 Å². The normalized spacial score (nSPS) is 12.0. The summed E-state index contributed by atoms with van der Waals surface area (Å²) in [5.41, 5.74) is 1.54. The lowest BCUT2D eigenvalue weighted by Crippen LogP contribution is -2.45. The summed E-state index contributed by atoms with van der Waals surface area (Å²) in [6.07, 6.45) is 0.808. The summed E-state index contributed by atoms with van der Waals surface area (Å²) in [4.78, 5) is 37.2. The number of hydrogen-bond acceptors (Lipinski definition) is 4. The van der Waals surface area contributed by atoms with Gasteiger partial charge >= 0.3 is 5.97 Å². The first-order valence-electron chi connectivity index (χ1n) is 10.5. The molecular formula is C25H32N2O4. The lowest BCUT2D eigenvalue weighted by molar-refractivity contribution is -0.145. The molecule has 0 saturated carbocycles. The molecule has 166 valence electrons. The molecule has 0 unspecified atom stereocenters. The van der Waals surface area contributed by atoms with E-state index in [0.717, 1.165) is 11.1 Å². The molecule has 2 aromatic carbocycles. The maximum absolute atomic E-state index is 12.5. The van der Waals surface area contributed by atoms with Gasteiger partial charge in [-0.1, -0.05) is 60.7 Å². The Kier molecular flexibility index (Phi) is 9.25. The van der Waals surface area contributed by atoms with Crippen LogP contribution in [0.3, 0.4) is 0 Å². The average molecular weight is 425 g/mol. The van der Waals surface area contributed by atoms with Crippen molar-refractivity contribution in [2.24, 2.45) is 0 Å². The van der Waals surface area contributed by atoms with E-state index in [1.807, 2.05) is 81.4 Å². The molecule has 0 spiro atoms. The lowest BCUT2D eigenvalue weighted by atomic mass is 10.1. The Morgan fingerprint density at radius 3 is 2.00 bits per heavy atom. The van der Waals surface area contributed by atoms with Crippen molar-refractivity contribution in [2.45, 2.75) is 64.6 Å². The standard InChI is InChI=1S/C25H32N2O4/c1-25(2,3)27-23(29)16-21(17-24(30)31-18-20-12-8-5-9-13-20)26-22(28)15-14-19-10-6-4-7-11-19/h4-13,21H,14-18H2,1-3H3,(H,26,28)(H,27,29)/t21-/m1/s1. The van der Waals surface area contributed by atoms with Crippen molar-refractivity contribution in [3.05, 3.63) is 71.8 Å². The predicted molar refractivity (Wildman–Crippen MR) is 120 cm³/mol. The molecule has 0 heterocycles. The minimum Gasteiger partial charge on any atom is -0.461 e. The van der Waals surface area contributed by atoms with Crippen LogP contribution in [0.2, 0.25) is 0 Å². The average Bonchev–Trinajstić information content (AvgIpc) is 2.71. The van der Waals surface area contributed by atoms with Crippen LogP contribution in [0.1, 0.15) is 51.2 Å². The van der Waals surface area contributed by atoms with Gasteiger partial charge in [0.15, 0.2) is 0 Å². The number of amides is 2. The highest BCUT2D eigenvalue weighted by atomic mass is 16.5. The number of aryl methyl sites for hydroxylation is 1. The molecular weight excluding hydrogens is 392 g/mol. The van der Waals surface area contributed by atoms with Gasteiger partial charge < -0.3 is 15.4 Å². The molecule has 0 aromatic heterocycles. The van der Waals surface area contributed by atoms with E-state index in [9.17, 15) is 14.4 Å². The first kappa shape index (κ1) is 24.1. The number of ether oxygens (including phenoxy) is 1. The summed E-state index contributed by atoms with van der Waals surface area (Å²) in [5.74, 6) is -0.884. The zero-order valence-corrected chi connectivity index (χ0v) is 18.5. The Balaban J connectivity index is 1.91. The van der Waals surface area contributed by atoms with Crippen molar-refractivity contribution in [1.29, 1.82) is 0 Å². The maximum Gasteiger partial charge on any atom is 0.308 e. The Bertz CT molecular complexity index is 787. The number of nitrogens with one attached hydrogen (secondary N) is 2. The van der Waals surface area contributed by atoms with Crippen LogP contribution < -0.4 is 10.6 Å². The molecule has 2 rings (SSSR count). The summed E-state index contributed by atoms with van der Waals surface area (Å²) < 4.78 is 5.33. The van der Waals surface area contributed by atoms with Gasteiger partial charge in [0.25, 0.3) is 0 Å². The van der Waals surface area contributed by atoms with Crippen LogP contribution in [0.15, 0.2) is 60.7 Å². The van der Waals surface area contributed by atoms with Crippen LogP contribution in [0.4, 0.5) is 0 Å². The van der Waals surface area contributed by atoms with E-state index < -0.39 is 17.6 Å². The van der Waals surface area contributed by atoms with Crippen molar-refractivity contribution < 1.29 is 19.1 Å². The zero-order valence-electron chi connectivity index (χ0n) is 18.5. The topological polar surface area (TPSA) is 84.5 Å². The third kappa shape index (κ3) is 10.4. The van der Waals surface area contributed by atoms with E-state index >= 15 is 0 Å². The molecule has 0 radical (unpaired) electrons. The zero-order chi connectivity index (χ0) is 22.7. The Morgan fingerprint density at radius 2 is 1.42 bits per heavy atom. The molecule has 31 heavy (non-hydrogen) atoms. The SMILES string of the molecule is CC(C)(C)NC(=O)C[C@H](CC(=O)OCc1ccccc1)NC(=O)CCc1ccccc1. The van der Waals surface area contributed by atoms with Gasteiger partial charge in [-0.05, 0) is 38.3 Å². The highest BCUT2D eigenvalue weighted by Crippen LogP contribution is 2.08. The minimum absolute atomic E-state index is 0.00871. The van der Waals surface area contributed by atoms with Gasteiger partial charge in [0, 0.05) is 24.4 Å². The quantitative estimate of drug-likeness (QED) is 0.572. The van der Waals surface area contributed by atoms with Crippen LogP contribution >= 0.6 is 0 Å². The van der Waals surface area contributed by atoms with Crippen molar-refractivity contribution in [2.75, 3.05) is 0 Å². The highest BCUT2D eigenvalue weighted by molar-refractivity contribution is 5.82. The van der Waals surface area contributed by atoms with Crippen molar-refractivity contribution in [1.82, 2.24) is 10.6 Å². The van der Waals surface area contributed by atoms with E-state index in [1.165, 1.54) is 0 Å². The molecule has 1 atom stereocenters. The molecule has 2 amide bonds. The van der Waals surface area contributed by atoms with E-state index in [4.69, 9.17) is 4.74 Å². The number of rotatable bonds is 10. The first-order valence-corrected chi connectivity index (χ1v) is 10.5. The monoisotopic (exact) mass is 424 g/mol. The number of benzene rings is 2. The number of hydrogen-bond donors (Lipinski definition) is 2. The summed E-state index contributed by atoms with van der Waals surface area (Å²) >= 11 is 0. The third-order valence-corrected chi connectivity index (χ3v) is 4.45. The van der Waals surface area contributed by atoms with Crippen LogP contribution in [0, 0.1) is 0 Å². The summed E-state index contributed by atoms with van der Waals surface area (Å²) in [5, 5.41) is 5.70.